The number of aliphatic hydroxyl groups is 1. The van der Waals surface area contributed by atoms with E-state index in [-0.39, 0.29) is 12.8 Å². The molecule has 1 aliphatic rings. The molecule has 1 N–H and O–H groups in total. The van der Waals surface area contributed by atoms with Crippen molar-refractivity contribution in [2.24, 2.45) is 0 Å². The van der Waals surface area contributed by atoms with Gasteiger partial charge in [-0.2, -0.15) is 5.10 Å². The molecule has 0 saturated carbocycles. The Bertz CT molecular complexity index is 836. The number of aromatic nitrogens is 4. The summed E-state index contributed by atoms with van der Waals surface area (Å²) in [5, 5.41) is 13.8. The highest BCUT2D eigenvalue weighted by molar-refractivity contribution is 9.10. The van der Waals surface area contributed by atoms with Gasteiger partial charge in [0.25, 0.3) is 0 Å². The van der Waals surface area contributed by atoms with Crippen molar-refractivity contribution in [2.45, 2.75) is 32.1 Å². The summed E-state index contributed by atoms with van der Waals surface area (Å²) < 4.78 is 10.7. The molecule has 0 bridgehead atoms. The predicted octanol–water partition coefficient (Wildman–Crippen LogP) is 3.15. The number of aliphatic hydroxyl groups excluding tert-OH is 1. The van der Waals surface area contributed by atoms with E-state index in [1.54, 1.807) is 6.20 Å². The van der Waals surface area contributed by atoms with Gasteiger partial charge < -0.3 is 14.2 Å². The third-order valence-corrected chi connectivity index (χ3v) is 4.54. The van der Waals surface area contributed by atoms with E-state index in [2.05, 4.69) is 26.0 Å². The summed E-state index contributed by atoms with van der Waals surface area (Å²) >= 11 is 3.55. The summed E-state index contributed by atoms with van der Waals surface area (Å²) in [7, 11) is 0. The highest BCUT2D eigenvalue weighted by Gasteiger charge is 2.21. The first kappa shape index (κ1) is 14.9. The Balaban J connectivity index is 1.86. The first-order chi connectivity index (χ1) is 11.3. The molecule has 0 aliphatic carbocycles. The first-order valence-electron chi connectivity index (χ1n) is 7.70. The molecule has 0 radical (unpaired) electrons. The highest BCUT2D eigenvalue weighted by Crippen LogP contribution is 2.32. The molecule has 0 spiro atoms. The number of rotatable bonds is 3. The van der Waals surface area contributed by atoms with Crippen molar-refractivity contribution in [3.63, 3.8) is 0 Å². The maximum absolute atomic E-state index is 9.36. The molecule has 1 atom stereocenters. The van der Waals surface area contributed by atoms with Gasteiger partial charge in [-0.1, -0.05) is 0 Å². The van der Waals surface area contributed by atoms with E-state index in [1.165, 1.54) is 0 Å². The summed E-state index contributed by atoms with van der Waals surface area (Å²) in [6.45, 7) is 0.694. The molecule has 0 aromatic carbocycles. The van der Waals surface area contributed by atoms with Crippen LogP contribution in [0.2, 0.25) is 0 Å². The van der Waals surface area contributed by atoms with Crippen molar-refractivity contribution in [1.82, 2.24) is 19.2 Å². The van der Waals surface area contributed by atoms with Gasteiger partial charge >= 0.3 is 0 Å². The number of hydrogen-bond acceptors (Lipinski definition) is 4. The van der Waals surface area contributed by atoms with E-state index < -0.39 is 0 Å². The first-order valence-corrected chi connectivity index (χ1v) is 8.49. The lowest BCUT2D eigenvalue weighted by molar-refractivity contribution is -0.0383. The minimum Gasteiger partial charge on any atom is -0.390 e. The van der Waals surface area contributed by atoms with Crippen molar-refractivity contribution in [3.8, 4) is 11.3 Å². The van der Waals surface area contributed by atoms with Gasteiger partial charge in [0.15, 0.2) is 6.23 Å². The SMILES string of the molecule is OCc1cn2cc(Br)cc(-c3ccnn3C3CCCCO3)c2n1. The Hall–Kier alpha value is -1.70. The molecule has 1 aliphatic heterocycles. The molecule has 3 aromatic heterocycles. The average molecular weight is 377 g/mol. The fraction of sp³-hybridized carbons (Fsp3) is 0.375. The van der Waals surface area contributed by atoms with Crippen LogP contribution in [0, 0.1) is 0 Å². The number of halogens is 1. The molecule has 7 heteroatoms. The fourth-order valence-corrected chi connectivity index (χ4v) is 3.50. The Morgan fingerprint density at radius 2 is 2.26 bits per heavy atom. The number of hydrogen-bond donors (Lipinski definition) is 1. The number of imidazole rings is 1. The van der Waals surface area contributed by atoms with Crippen molar-refractivity contribution in [1.29, 1.82) is 0 Å². The van der Waals surface area contributed by atoms with E-state index in [4.69, 9.17) is 4.74 Å². The van der Waals surface area contributed by atoms with E-state index in [1.807, 2.05) is 33.6 Å². The molecular weight excluding hydrogens is 360 g/mol. The third kappa shape index (κ3) is 2.69. The van der Waals surface area contributed by atoms with Gasteiger partial charge in [-0.25, -0.2) is 9.67 Å². The van der Waals surface area contributed by atoms with Gasteiger partial charge in [0.2, 0.25) is 0 Å². The highest BCUT2D eigenvalue weighted by atomic mass is 79.9. The van der Waals surface area contributed by atoms with Crippen LogP contribution in [0.25, 0.3) is 16.9 Å². The summed E-state index contributed by atoms with van der Waals surface area (Å²) in [6, 6.07) is 4.01. The number of ether oxygens (including phenoxy) is 1. The Kier molecular flexibility index (Phi) is 3.92. The van der Waals surface area contributed by atoms with Crippen LogP contribution in [0.15, 0.2) is 35.2 Å². The second kappa shape index (κ2) is 6.07. The lowest BCUT2D eigenvalue weighted by Gasteiger charge is -2.24. The maximum atomic E-state index is 9.36. The van der Waals surface area contributed by atoms with Crippen LogP contribution >= 0.6 is 15.9 Å². The zero-order valence-corrected chi connectivity index (χ0v) is 14.1. The van der Waals surface area contributed by atoms with Crippen molar-refractivity contribution < 1.29 is 9.84 Å². The Labute approximate surface area is 141 Å². The van der Waals surface area contributed by atoms with E-state index in [0.717, 1.165) is 47.2 Å². The van der Waals surface area contributed by atoms with Gasteiger partial charge in [-0.3, -0.25) is 0 Å². The molecule has 3 aromatic rings. The Morgan fingerprint density at radius 3 is 3.04 bits per heavy atom. The Morgan fingerprint density at radius 1 is 1.35 bits per heavy atom. The van der Waals surface area contributed by atoms with Crippen LogP contribution in [0.1, 0.15) is 31.2 Å². The molecule has 1 fully saturated rings. The van der Waals surface area contributed by atoms with Crippen molar-refractivity contribution in [2.75, 3.05) is 6.61 Å². The van der Waals surface area contributed by atoms with Crippen LogP contribution in [0.5, 0.6) is 0 Å². The summed E-state index contributed by atoms with van der Waals surface area (Å²) in [5.74, 6) is 0. The zero-order valence-electron chi connectivity index (χ0n) is 12.5. The fourth-order valence-electron chi connectivity index (χ4n) is 3.05. The van der Waals surface area contributed by atoms with Crippen LogP contribution in [0.4, 0.5) is 0 Å². The molecule has 0 amide bonds. The number of fused-ring (bicyclic) bond motifs is 1. The molecule has 23 heavy (non-hydrogen) atoms. The van der Waals surface area contributed by atoms with E-state index in [0.29, 0.717) is 5.69 Å². The third-order valence-electron chi connectivity index (χ3n) is 4.10. The minimum atomic E-state index is -0.0796. The minimum absolute atomic E-state index is 0.0277. The average Bonchev–Trinajstić information content (AvgIpc) is 3.21. The molecule has 4 rings (SSSR count). The largest absolute Gasteiger partial charge is 0.390 e. The molecule has 6 nitrogen and oxygen atoms in total. The second-order valence-electron chi connectivity index (χ2n) is 5.68. The van der Waals surface area contributed by atoms with Gasteiger partial charge in [0, 0.05) is 35.2 Å². The zero-order chi connectivity index (χ0) is 15.8. The van der Waals surface area contributed by atoms with Gasteiger partial charge in [-0.05, 0) is 47.3 Å². The standard InChI is InChI=1S/C16H17BrN4O2/c17-11-7-13(16-19-12(10-22)9-20(16)8-11)14-4-5-18-21(14)15-3-1-2-6-23-15/h4-5,7-9,15,22H,1-3,6,10H2. The predicted molar refractivity (Wildman–Crippen MR) is 88.9 cm³/mol. The van der Waals surface area contributed by atoms with Crippen LogP contribution in [-0.2, 0) is 11.3 Å². The summed E-state index contributed by atoms with van der Waals surface area (Å²) in [5.41, 5.74) is 3.38. The second-order valence-corrected chi connectivity index (χ2v) is 6.59. The van der Waals surface area contributed by atoms with Crippen molar-refractivity contribution in [3.05, 3.63) is 40.9 Å². The monoisotopic (exact) mass is 376 g/mol. The van der Waals surface area contributed by atoms with Crippen LogP contribution in [0.3, 0.4) is 0 Å². The lowest BCUT2D eigenvalue weighted by Crippen LogP contribution is -2.20. The maximum Gasteiger partial charge on any atom is 0.150 e. The summed E-state index contributed by atoms with van der Waals surface area (Å²) in [4.78, 5) is 4.52. The number of pyridine rings is 1. The quantitative estimate of drug-likeness (QED) is 0.762. The van der Waals surface area contributed by atoms with Gasteiger partial charge in [0.1, 0.15) is 5.65 Å². The topological polar surface area (TPSA) is 64.6 Å². The molecule has 1 unspecified atom stereocenters. The van der Waals surface area contributed by atoms with E-state index in [9.17, 15) is 5.11 Å². The van der Waals surface area contributed by atoms with Crippen LogP contribution < -0.4 is 0 Å². The van der Waals surface area contributed by atoms with Gasteiger partial charge in [0.05, 0.1) is 18.0 Å². The van der Waals surface area contributed by atoms with Crippen LogP contribution in [-0.4, -0.2) is 30.9 Å². The molecule has 1 saturated heterocycles. The lowest BCUT2D eigenvalue weighted by atomic mass is 10.1. The smallest absolute Gasteiger partial charge is 0.150 e. The molecule has 4 heterocycles. The van der Waals surface area contributed by atoms with Crippen molar-refractivity contribution >= 4 is 21.6 Å². The number of nitrogens with zero attached hydrogens (tertiary/aromatic N) is 4. The normalized spacial score (nSPS) is 18.6. The van der Waals surface area contributed by atoms with Gasteiger partial charge in [-0.15, -0.1) is 0 Å². The molecular formula is C16H17BrN4O2. The molecule has 120 valence electrons. The van der Waals surface area contributed by atoms with E-state index >= 15 is 0 Å². The summed E-state index contributed by atoms with van der Waals surface area (Å²) in [6.07, 6.45) is 8.75.